The number of nitrogens with zero attached hydrogens (tertiary/aromatic N) is 8. The second-order valence-corrected chi connectivity index (χ2v) is 39.0. The first kappa shape index (κ1) is 97.1. The van der Waals surface area contributed by atoms with Crippen molar-refractivity contribution in [3.8, 4) is 22.8 Å². The van der Waals surface area contributed by atoms with Gasteiger partial charge in [-0.3, -0.25) is 17.2 Å². The summed E-state index contributed by atoms with van der Waals surface area (Å²) in [5.74, 6) is 0.255. The van der Waals surface area contributed by atoms with Gasteiger partial charge in [0.05, 0.1) is 24.1 Å². The van der Waals surface area contributed by atoms with E-state index >= 15 is 0 Å². The van der Waals surface area contributed by atoms with Gasteiger partial charge < -0.3 is 30.6 Å². The third kappa shape index (κ3) is 23.2. The fourth-order valence-electron chi connectivity index (χ4n) is 11.6. The van der Waals surface area contributed by atoms with E-state index in [-0.39, 0.29) is 70.6 Å². The van der Waals surface area contributed by atoms with E-state index < -0.39 is 46.1 Å². The van der Waals surface area contributed by atoms with Crippen LogP contribution >= 0.6 is 85.7 Å². The van der Waals surface area contributed by atoms with Crippen LogP contribution in [-0.2, 0) is 49.7 Å². The lowest BCUT2D eigenvalue weighted by Crippen LogP contribution is -2.31. The van der Waals surface area contributed by atoms with Crippen LogP contribution in [-0.4, -0.2) is 103 Å². The number of rotatable bonds is 29. The number of amidine groups is 2. The number of halogens is 1. The normalized spacial score (nSPS) is 11.6. The van der Waals surface area contributed by atoms with Crippen molar-refractivity contribution in [3.05, 3.63) is 238 Å². The Bertz CT molecular complexity index is 6310. The molecule has 0 atom stereocenters. The fraction of sp³-hybridized carbons (Fsp3) is 0.250. The van der Waals surface area contributed by atoms with Crippen LogP contribution in [0, 0.1) is 9.67 Å². The SMILES string of the molecule is C.C.C.C.CCCCN(c1cc2ccccc2s1)S(=O)(=O)c1ccc(-c2nc(=S)o[nH]2)cc1.CCCCN(c1cc2ccccc2s1)S(=O)(=O)c1ccc(/C(N)=N/O)cc1.CCCCN(c1cc2ccccc2s1)S(=O)(=O)c1ccc(/C(N)=N/OC(C)=O)cc1.CCCCN(c1sc2ccccc2c1Br)S(=O)(=O)c1ccc(-c2nc(=S)o[nH]2)cc1. The maximum absolute atomic E-state index is 13.6. The highest BCUT2D eigenvalue weighted by Crippen LogP contribution is 2.45. The van der Waals surface area contributed by atoms with Gasteiger partial charge in [0, 0.05) is 79.5 Å². The Balaban J connectivity index is 0.000000218. The summed E-state index contributed by atoms with van der Waals surface area (Å²) in [6.07, 6.45) is 6.59. The number of carbonyl (C=O) groups excluding carboxylic acids is 1. The number of aromatic nitrogens is 4. The number of thiophene rings is 4. The van der Waals surface area contributed by atoms with Gasteiger partial charge in [0.1, 0.15) is 20.0 Å². The van der Waals surface area contributed by atoms with E-state index in [1.54, 1.807) is 48.5 Å². The topological polar surface area (TPSA) is 356 Å². The number of H-pyrrole nitrogens is 2. The number of fused-ring (bicyclic) bond motifs is 4. The number of benzene rings is 8. The van der Waals surface area contributed by atoms with Gasteiger partial charge in [-0.2, -0.15) is 9.97 Å². The second kappa shape index (κ2) is 44.0. The Labute approximate surface area is 736 Å². The standard InChI is InChI=1S/C21H23N3O4S2.C20H18BrN3O3S3.C20H19N3O3S3.C19H21N3O3S2.4CH4/c1-3-4-13-24(20-14-17-7-5-6-8-19(17)29-20)30(26,27)18-11-9-16(10-12-18)21(22)23-28-15(2)25;1-2-3-12-24(19-17(21)15-6-4-5-7-16(15)29-19)30(25,26)14-10-8-13(9-11-14)18-22-20(28)27-23-18;1-2-3-12-23(18-13-15-6-4-5-7-17(15)28-18)29(24,25)16-10-8-14(9-11-16)19-21-20(27)26-22-19;1-2-3-12-22(18-13-15-6-4-5-7-17(15)26-18)27(24,25)16-10-8-14(9-11-16)19(20)21-23;;;;/h5-12,14H,3-4,13H2,1-2H3,(H2,22,23);4-11H,2-3,12H2,1H3,(H,22,23,28);4-11,13H,2-3,12H2,1H3,(H,21,22,27);4-11,13,23H,2-3,12H2,1H3,(H2,20,21);4*1H4. The number of nitrogens with two attached hydrogens (primary N) is 2. The molecule has 0 spiro atoms. The third-order valence-electron chi connectivity index (χ3n) is 17.7. The van der Waals surface area contributed by atoms with Gasteiger partial charge in [-0.05, 0) is 222 Å². The summed E-state index contributed by atoms with van der Waals surface area (Å²) in [5, 5.41) is 27.3. The molecule has 6 aromatic heterocycles. The summed E-state index contributed by atoms with van der Waals surface area (Å²) in [6, 6.07) is 62.4. The van der Waals surface area contributed by atoms with E-state index in [1.807, 2.05) is 143 Å². The number of anilines is 4. The van der Waals surface area contributed by atoms with Gasteiger partial charge in [-0.25, -0.2) is 48.8 Å². The molecule has 0 fully saturated rings. The molecular weight excluding hydrogens is 1790 g/mol. The van der Waals surface area contributed by atoms with E-state index in [9.17, 15) is 38.5 Å². The number of hydrogen-bond acceptors (Lipinski definition) is 23. The predicted molar refractivity (Wildman–Crippen MR) is 502 cm³/mol. The van der Waals surface area contributed by atoms with Gasteiger partial charge in [0.25, 0.3) is 40.1 Å². The third-order valence-corrected chi connectivity index (χ3v) is 31.5. The van der Waals surface area contributed by atoms with Gasteiger partial charge in [-0.15, -0.1) is 45.3 Å². The van der Waals surface area contributed by atoms with Crippen LogP contribution in [0.25, 0.3) is 63.1 Å². The molecule has 0 aliphatic heterocycles. The second-order valence-electron chi connectivity index (χ2n) is 25.8. The number of carbonyl (C=O) groups is 1. The molecule has 0 radical (unpaired) electrons. The summed E-state index contributed by atoms with van der Waals surface area (Å²) in [6.45, 7) is 11.0. The van der Waals surface area contributed by atoms with Gasteiger partial charge in [0.2, 0.25) is 0 Å². The maximum Gasteiger partial charge on any atom is 0.332 e. The molecule has 120 heavy (non-hydrogen) atoms. The molecule has 8 aromatic carbocycles. The molecule has 0 unspecified atom stereocenters. The molecule has 0 bridgehead atoms. The molecule has 25 nitrogen and oxygen atoms in total. The summed E-state index contributed by atoms with van der Waals surface area (Å²) in [5.41, 5.74) is 13.6. The van der Waals surface area contributed by atoms with Crippen LogP contribution in [0.1, 0.15) is 127 Å². The highest BCUT2D eigenvalue weighted by atomic mass is 79.9. The Hall–Kier alpha value is -9.99. The van der Waals surface area contributed by atoms with E-state index in [0.717, 1.165) is 101 Å². The minimum Gasteiger partial charge on any atom is -0.409 e. The highest BCUT2D eigenvalue weighted by Gasteiger charge is 2.32. The number of oxime groups is 2. The van der Waals surface area contributed by atoms with E-state index in [4.69, 9.17) is 50.2 Å². The minimum absolute atomic E-state index is 0. The molecule has 0 saturated carbocycles. The monoisotopic (exact) mass is 1880 g/mol. The number of nitrogens with one attached hydrogen (secondary N) is 2. The van der Waals surface area contributed by atoms with Crippen LogP contribution < -0.4 is 28.7 Å². The lowest BCUT2D eigenvalue weighted by Gasteiger charge is -2.23. The van der Waals surface area contributed by atoms with E-state index in [2.05, 4.69) is 51.4 Å². The largest absolute Gasteiger partial charge is 0.409 e. The molecule has 14 rings (SSSR count). The van der Waals surface area contributed by atoms with Crippen molar-refractivity contribution in [2.24, 2.45) is 21.8 Å². The van der Waals surface area contributed by atoms with Crippen LogP contribution in [0.5, 0.6) is 0 Å². The van der Waals surface area contributed by atoms with Crippen LogP contribution in [0.2, 0.25) is 0 Å². The fourth-order valence-corrected chi connectivity index (χ4v) is 24.2. The average Bonchev–Trinajstić information content (AvgIpc) is 1.58. The summed E-state index contributed by atoms with van der Waals surface area (Å²) < 4.78 is 128. The molecule has 638 valence electrons. The molecule has 0 amide bonds. The van der Waals surface area contributed by atoms with Crippen molar-refractivity contribution < 1.29 is 57.6 Å². The number of aromatic amines is 2. The van der Waals surface area contributed by atoms with E-state index in [0.29, 0.717) is 75.1 Å². The molecular formula is C84H97BrN12O13S10. The van der Waals surface area contributed by atoms with Crippen molar-refractivity contribution in [1.29, 1.82) is 0 Å². The first-order valence-corrected chi connectivity index (χ1v) is 47.1. The molecule has 0 aliphatic carbocycles. The smallest absolute Gasteiger partial charge is 0.332 e. The van der Waals surface area contributed by atoms with E-state index in [1.165, 1.54) is 118 Å². The lowest BCUT2D eigenvalue weighted by atomic mass is 10.2. The van der Waals surface area contributed by atoms with Crippen molar-refractivity contribution in [3.63, 3.8) is 0 Å². The zero-order valence-corrected chi connectivity index (χ0v) is 73.0. The van der Waals surface area contributed by atoms with Crippen molar-refractivity contribution in [2.45, 2.75) is 135 Å². The van der Waals surface area contributed by atoms with Crippen LogP contribution in [0.15, 0.2) is 256 Å². The predicted octanol–water partition coefficient (Wildman–Crippen LogP) is 22.6. The summed E-state index contributed by atoms with van der Waals surface area (Å²) in [7, 11) is -14.9. The Morgan fingerprint density at radius 1 is 0.458 bits per heavy atom. The van der Waals surface area contributed by atoms with Crippen molar-refractivity contribution >= 4 is 204 Å². The van der Waals surface area contributed by atoms with Gasteiger partial charge in [-0.1, -0.05) is 166 Å². The Kier molecular flexibility index (Phi) is 35.6. The first-order valence-electron chi connectivity index (χ1n) is 36.5. The molecule has 7 N–H and O–H groups in total. The average molecular weight is 1880 g/mol. The molecule has 0 aliphatic rings. The van der Waals surface area contributed by atoms with Gasteiger partial charge in [0.15, 0.2) is 23.3 Å². The van der Waals surface area contributed by atoms with Crippen LogP contribution in [0.3, 0.4) is 0 Å². The zero-order valence-electron chi connectivity index (χ0n) is 63.2. The quantitative estimate of drug-likeness (QED) is 0.00726. The van der Waals surface area contributed by atoms with Crippen molar-refractivity contribution in [2.75, 3.05) is 43.4 Å². The zero-order chi connectivity index (χ0) is 82.9. The Morgan fingerprint density at radius 3 is 1.07 bits per heavy atom. The number of unbranched alkanes of at least 4 members (excludes halogenated alkanes) is 4. The highest BCUT2D eigenvalue weighted by molar-refractivity contribution is 9.11. The molecule has 36 heteroatoms. The summed E-state index contributed by atoms with van der Waals surface area (Å²) >= 11 is 19.2. The minimum atomic E-state index is -3.76. The first-order chi connectivity index (χ1) is 55.7. The number of hydrogen-bond donors (Lipinski definition) is 5. The maximum atomic E-state index is 13.6. The molecule has 0 saturated heterocycles. The number of sulfonamides is 4. The molecule has 6 heterocycles. The lowest BCUT2D eigenvalue weighted by molar-refractivity contribution is -0.140. The summed E-state index contributed by atoms with van der Waals surface area (Å²) in [4.78, 5) is 24.5. The molecule has 14 aromatic rings. The van der Waals surface area contributed by atoms with Gasteiger partial charge >= 0.3 is 15.6 Å². The van der Waals surface area contributed by atoms with Crippen LogP contribution in [0.4, 0.5) is 20.0 Å². The van der Waals surface area contributed by atoms with Crippen molar-refractivity contribution in [1.82, 2.24) is 20.3 Å². The Morgan fingerprint density at radius 2 is 0.767 bits per heavy atom.